The Labute approximate surface area is 143 Å². The maximum Gasteiger partial charge on any atom is 0.257 e. The fourth-order valence-electron chi connectivity index (χ4n) is 2.25. The molecule has 116 valence electrons. The lowest BCUT2D eigenvalue weighted by Crippen LogP contribution is -2.34. The van der Waals surface area contributed by atoms with E-state index >= 15 is 0 Å². The van der Waals surface area contributed by atoms with Crippen LogP contribution in [0.15, 0.2) is 36.4 Å². The highest BCUT2D eigenvalue weighted by molar-refractivity contribution is 7.80. The molecule has 0 unspecified atom stereocenters. The summed E-state index contributed by atoms with van der Waals surface area (Å²) in [7, 11) is 0. The molecule has 2 N–H and O–H groups in total. The molecule has 0 saturated heterocycles. The number of hydrogen-bond acceptors (Lipinski definition) is 5. The molecule has 5 nitrogen and oxygen atoms in total. The minimum absolute atomic E-state index is 0.234. The second-order valence-electron chi connectivity index (χ2n) is 5.11. The Balaban J connectivity index is 1.79. The molecule has 1 heterocycles. The van der Waals surface area contributed by atoms with E-state index in [1.165, 1.54) is 0 Å². The Morgan fingerprint density at radius 2 is 1.87 bits per heavy atom. The van der Waals surface area contributed by atoms with Crippen molar-refractivity contribution < 1.29 is 4.79 Å². The first-order valence-corrected chi connectivity index (χ1v) is 8.10. The van der Waals surface area contributed by atoms with Gasteiger partial charge in [-0.15, -0.1) is 0 Å². The van der Waals surface area contributed by atoms with Crippen molar-refractivity contribution in [2.24, 2.45) is 0 Å². The number of benzene rings is 2. The van der Waals surface area contributed by atoms with Crippen LogP contribution in [-0.2, 0) is 0 Å². The molecule has 1 amide bonds. The molecule has 0 saturated carbocycles. The zero-order chi connectivity index (χ0) is 16.4. The number of carbonyl (C=O) groups excluding carboxylic acids is 1. The average Bonchev–Trinajstić information content (AvgIpc) is 2.99. The van der Waals surface area contributed by atoms with Crippen molar-refractivity contribution in [3.8, 4) is 0 Å². The number of thiocarbonyl (C=S) groups is 1. The van der Waals surface area contributed by atoms with E-state index in [9.17, 15) is 4.79 Å². The normalized spacial score (nSPS) is 10.5. The van der Waals surface area contributed by atoms with Crippen LogP contribution < -0.4 is 10.6 Å². The third-order valence-corrected chi connectivity index (χ3v) is 4.24. The van der Waals surface area contributed by atoms with Gasteiger partial charge in [-0.25, -0.2) is 0 Å². The fourth-order valence-corrected chi connectivity index (χ4v) is 2.99. The highest BCUT2D eigenvalue weighted by Gasteiger charge is 2.13. The Bertz CT molecular complexity index is 904. The molecule has 3 aromatic rings. The Kier molecular flexibility index (Phi) is 4.31. The molecule has 7 heteroatoms. The third-order valence-electron chi connectivity index (χ3n) is 3.49. The summed E-state index contributed by atoms with van der Waals surface area (Å²) in [6.45, 7) is 3.84. The first kappa shape index (κ1) is 15.5. The van der Waals surface area contributed by atoms with Crippen LogP contribution in [0.5, 0.6) is 0 Å². The number of amides is 1. The van der Waals surface area contributed by atoms with Gasteiger partial charge in [0.05, 0.1) is 17.4 Å². The molecule has 2 aromatic carbocycles. The van der Waals surface area contributed by atoms with E-state index in [0.29, 0.717) is 5.56 Å². The summed E-state index contributed by atoms with van der Waals surface area (Å²) in [4.78, 5) is 12.3. The first-order chi connectivity index (χ1) is 11.1. The Morgan fingerprint density at radius 3 is 2.65 bits per heavy atom. The molecule has 0 spiro atoms. The molecule has 0 aliphatic rings. The van der Waals surface area contributed by atoms with Crippen molar-refractivity contribution in [3.63, 3.8) is 0 Å². The minimum Gasteiger partial charge on any atom is -0.330 e. The molecular weight excluding hydrogens is 328 g/mol. The van der Waals surface area contributed by atoms with Gasteiger partial charge >= 0.3 is 0 Å². The first-order valence-electron chi connectivity index (χ1n) is 6.96. The number of rotatable bonds is 2. The van der Waals surface area contributed by atoms with Crippen LogP contribution in [0, 0.1) is 13.8 Å². The number of nitrogens with zero attached hydrogens (tertiary/aromatic N) is 2. The van der Waals surface area contributed by atoms with Gasteiger partial charge in [0.15, 0.2) is 5.11 Å². The smallest absolute Gasteiger partial charge is 0.257 e. The average molecular weight is 342 g/mol. The number of nitrogens with one attached hydrogen (secondary N) is 2. The molecular formula is C16H14N4OS2. The van der Waals surface area contributed by atoms with Gasteiger partial charge in [-0.2, -0.15) is 8.75 Å². The van der Waals surface area contributed by atoms with Crippen molar-refractivity contribution in [2.75, 3.05) is 5.32 Å². The summed E-state index contributed by atoms with van der Waals surface area (Å²) >= 11 is 6.41. The van der Waals surface area contributed by atoms with E-state index < -0.39 is 0 Å². The van der Waals surface area contributed by atoms with Crippen LogP contribution >= 0.6 is 23.9 Å². The summed E-state index contributed by atoms with van der Waals surface area (Å²) in [5, 5.41) is 6.01. The second kappa shape index (κ2) is 6.39. The zero-order valence-corrected chi connectivity index (χ0v) is 14.2. The number of hydrogen-bond donors (Lipinski definition) is 2. The van der Waals surface area contributed by atoms with Crippen molar-refractivity contribution in [3.05, 3.63) is 53.1 Å². The molecule has 1 aromatic heterocycles. The molecule has 3 rings (SSSR count). The van der Waals surface area contributed by atoms with E-state index in [2.05, 4.69) is 19.4 Å². The van der Waals surface area contributed by atoms with Gasteiger partial charge in [0.25, 0.3) is 5.91 Å². The highest BCUT2D eigenvalue weighted by Crippen LogP contribution is 2.25. The fraction of sp³-hybridized carbons (Fsp3) is 0.125. The van der Waals surface area contributed by atoms with E-state index in [1.807, 2.05) is 44.2 Å². The van der Waals surface area contributed by atoms with Gasteiger partial charge in [-0.3, -0.25) is 10.1 Å². The molecule has 0 aliphatic heterocycles. The quantitative estimate of drug-likeness (QED) is 0.699. The van der Waals surface area contributed by atoms with Crippen LogP contribution in [0.25, 0.3) is 11.0 Å². The topological polar surface area (TPSA) is 66.9 Å². The Hall–Kier alpha value is -2.38. The molecule has 0 atom stereocenters. The van der Waals surface area contributed by atoms with E-state index in [4.69, 9.17) is 12.2 Å². The maximum absolute atomic E-state index is 12.3. The van der Waals surface area contributed by atoms with Crippen LogP contribution in [-0.4, -0.2) is 19.8 Å². The predicted molar refractivity (Wildman–Crippen MR) is 97.0 cm³/mol. The van der Waals surface area contributed by atoms with Crippen LogP contribution in [0.3, 0.4) is 0 Å². The van der Waals surface area contributed by atoms with Gasteiger partial charge in [0.1, 0.15) is 11.0 Å². The predicted octanol–water partition coefficient (Wildman–Crippen LogP) is 3.43. The lowest BCUT2D eigenvalue weighted by molar-refractivity contribution is 0.0977. The largest absolute Gasteiger partial charge is 0.330 e. The van der Waals surface area contributed by atoms with Gasteiger partial charge in [-0.1, -0.05) is 24.3 Å². The third kappa shape index (κ3) is 3.20. The lowest BCUT2D eigenvalue weighted by Gasteiger charge is -2.12. The van der Waals surface area contributed by atoms with Crippen LogP contribution in [0.4, 0.5) is 5.69 Å². The minimum atomic E-state index is -0.234. The monoisotopic (exact) mass is 342 g/mol. The molecule has 0 aliphatic carbocycles. The van der Waals surface area contributed by atoms with Gasteiger partial charge < -0.3 is 5.32 Å². The number of carbonyl (C=O) groups is 1. The standard InChI is InChI=1S/C16H14N4OS2/c1-9-5-3-4-6-11(9)15(21)18-16(22)17-13-10(2)7-8-12-14(13)20-23-19-12/h3-8H,1-2H3,(H2,17,18,21,22). The summed E-state index contributed by atoms with van der Waals surface area (Å²) in [6.07, 6.45) is 0. The van der Waals surface area contributed by atoms with Crippen molar-refractivity contribution in [2.45, 2.75) is 13.8 Å². The number of aromatic nitrogens is 2. The van der Waals surface area contributed by atoms with E-state index in [-0.39, 0.29) is 11.0 Å². The van der Waals surface area contributed by atoms with E-state index in [0.717, 1.165) is 39.6 Å². The maximum atomic E-state index is 12.3. The molecule has 0 bridgehead atoms. The van der Waals surface area contributed by atoms with Gasteiger partial charge in [-0.05, 0) is 49.3 Å². The Morgan fingerprint density at radius 1 is 1.09 bits per heavy atom. The molecule has 0 radical (unpaired) electrons. The number of anilines is 1. The summed E-state index contributed by atoms with van der Waals surface area (Å²) in [5.74, 6) is -0.234. The summed E-state index contributed by atoms with van der Waals surface area (Å²) in [6, 6.07) is 11.2. The molecule has 0 fully saturated rings. The highest BCUT2D eigenvalue weighted by atomic mass is 32.1. The number of fused-ring (bicyclic) bond motifs is 1. The zero-order valence-electron chi connectivity index (χ0n) is 12.6. The molecule has 23 heavy (non-hydrogen) atoms. The SMILES string of the molecule is Cc1ccccc1C(=O)NC(=S)Nc1c(C)ccc2nsnc12. The summed E-state index contributed by atoms with van der Waals surface area (Å²) < 4.78 is 8.49. The second-order valence-corrected chi connectivity index (χ2v) is 6.05. The van der Waals surface area contributed by atoms with Gasteiger partial charge in [0, 0.05) is 5.56 Å². The van der Waals surface area contributed by atoms with Crippen LogP contribution in [0.2, 0.25) is 0 Å². The van der Waals surface area contributed by atoms with Crippen molar-refractivity contribution in [1.82, 2.24) is 14.1 Å². The number of aryl methyl sites for hydroxylation is 2. The van der Waals surface area contributed by atoms with Crippen LogP contribution in [0.1, 0.15) is 21.5 Å². The van der Waals surface area contributed by atoms with Gasteiger partial charge in [0.2, 0.25) is 0 Å². The summed E-state index contributed by atoms with van der Waals surface area (Å²) in [5.41, 5.74) is 4.80. The van der Waals surface area contributed by atoms with Crippen molar-refractivity contribution >= 4 is 51.7 Å². The van der Waals surface area contributed by atoms with Crippen molar-refractivity contribution in [1.29, 1.82) is 0 Å². The van der Waals surface area contributed by atoms with E-state index in [1.54, 1.807) is 6.07 Å². The lowest BCUT2D eigenvalue weighted by atomic mass is 10.1.